The lowest BCUT2D eigenvalue weighted by molar-refractivity contribution is -0.141. The number of benzene rings is 2. The van der Waals surface area contributed by atoms with E-state index in [1.807, 2.05) is 30.3 Å². The van der Waals surface area contributed by atoms with Gasteiger partial charge in [-0.1, -0.05) is 29.8 Å². The number of amides is 1. The topological polar surface area (TPSA) is 95.8 Å². The van der Waals surface area contributed by atoms with Crippen molar-refractivity contribution >= 4 is 40.2 Å². The highest BCUT2D eigenvalue weighted by Gasteiger charge is 2.33. The summed E-state index contributed by atoms with van der Waals surface area (Å²) in [5, 5.41) is 15.4. The molecule has 2 heterocycles. The van der Waals surface area contributed by atoms with E-state index in [1.165, 1.54) is 5.01 Å². The van der Waals surface area contributed by atoms with Crippen molar-refractivity contribution in [2.24, 2.45) is 5.10 Å². The molecule has 0 fully saturated rings. The van der Waals surface area contributed by atoms with Gasteiger partial charge in [0, 0.05) is 30.3 Å². The largest absolute Gasteiger partial charge is 0.481 e. The first-order valence-corrected chi connectivity index (χ1v) is 9.47. The van der Waals surface area contributed by atoms with Gasteiger partial charge in [-0.3, -0.25) is 19.6 Å². The highest BCUT2D eigenvalue weighted by Crippen LogP contribution is 2.34. The van der Waals surface area contributed by atoms with Crippen molar-refractivity contribution in [3.8, 4) is 0 Å². The Morgan fingerprint density at radius 3 is 2.62 bits per heavy atom. The van der Waals surface area contributed by atoms with Gasteiger partial charge in [0.2, 0.25) is 5.91 Å². The van der Waals surface area contributed by atoms with Gasteiger partial charge < -0.3 is 5.11 Å². The number of hydrogen-bond donors (Lipinski definition) is 1. The normalized spacial score (nSPS) is 16.1. The van der Waals surface area contributed by atoms with E-state index in [1.54, 1.807) is 24.5 Å². The number of carbonyl (C=O) groups is 2. The lowest BCUT2D eigenvalue weighted by Gasteiger charge is -2.22. The third kappa shape index (κ3) is 4.09. The molecule has 4 rings (SSSR count). The van der Waals surface area contributed by atoms with Crippen LogP contribution in [0, 0.1) is 0 Å². The molecule has 0 radical (unpaired) electrons. The number of hydrogen-bond acceptors (Lipinski definition) is 5. The molecule has 29 heavy (non-hydrogen) atoms. The summed E-state index contributed by atoms with van der Waals surface area (Å²) in [6.45, 7) is 0. The molecule has 146 valence electrons. The van der Waals surface area contributed by atoms with Crippen LogP contribution < -0.4 is 0 Å². The second kappa shape index (κ2) is 7.97. The minimum Gasteiger partial charge on any atom is -0.481 e. The Balaban J connectivity index is 1.70. The predicted octanol–water partition coefficient (Wildman–Crippen LogP) is 3.83. The van der Waals surface area contributed by atoms with E-state index in [4.69, 9.17) is 16.7 Å². The van der Waals surface area contributed by atoms with Crippen molar-refractivity contribution in [2.75, 3.05) is 0 Å². The Hall–Kier alpha value is -3.32. The Labute approximate surface area is 171 Å². The summed E-state index contributed by atoms with van der Waals surface area (Å²) in [7, 11) is 0. The number of fused-ring (bicyclic) bond motifs is 1. The molecular formula is C21H17ClN4O3. The smallest absolute Gasteiger partial charge is 0.303 e. The molecule has 8 heteroatoms. The zero-order valence-corrected chi connectivity index (χ0v) is 16.1. The van der Waals surface area contributed by atoms with Gasteiger partial charge in [0.1, 0.15) is 0 Å². The van der Waals surface area contributed by atoms with E-state index in [2.05, 4.69) is 15.1 Å². The van der Waals surface area contributed by atoms with E-state index in [-0.39, 0.29) is 24.8 Å². The zero-order chi connectivity index (χ0) is 20.4. The minimum atomic E-state index is -1.02. The van der Waals surface area contributed by atoms with E-state index < -0.39 is 5.97 Å². The molecule has 1 atom stereocenters. The van der Waals surface area contributed by atoms with Gasteiger partial charge in [0.25, 0.3) is 0 Å². The van der Waals surface area contributed by atoms with E-state index in [9.17, 15) is 9.59 Å². The van der Waals surface area contributed by atoms with E-state index >= 15 is 0 Å². The summed E-state index contributed by atoms with van der Waals surface area (Å²) < 4.78 is 0. The van der Waals surface area contributed by atoms with Gasteiger partial charge in [-0.25, -0.2) is 5.01 Å². The average molecular weight is 409 g/mol. The molecule has 1 aliphatic rings. The number of aliphatic carboxylic acids is 1. The first-order valence-electron chi connectivity index (χ1n) is 9.09. The molecule has 3 aromatic rings. The average Bonchev–Trinajstić information content (AvgIpc) is 3.17. The van der Waals surface area contributed by atoms with Gasteiger partial charge in [-0.05, 0) is 35.4 Å². The molecule has 0 aliphatic carbocycles. The number of aromatic nitrogens is 2. The Kier molecular flexibility index (Phi) is 5.22. The minimum absolute atomic E-state index is 0.119. The third-order valence-corrected chi connectivity index (χ3v) is 4.99. The Bertz CT molecular complexity index is 1130. The maximum atomic E-state index is 12.7. The molecule has 0 saturated heterocycles. The van der Waals surface area contributed by atoms with Gasteiger partial charge in [0.15, 0.2) is 0 Å². The number of carboxylic acid groups (broad SMARTS) is 1. The number of carbonyl (C=O) groups excluding carboxylic acids is 1. The molecule has 1 N–H and O–H groups in total. The number of hydrazone groups is 1. The van der Waals surface area contributed by atoms with E-state index in [0.29, 0.717) is 11.4 Å². The Morgan fingerprint density at radius 1 is 1.07 bits per heavy atom. The summed E-state index contributed by atoms with van der Waals surface area (Å²) in [6, 6.07) is 12.6. The summed E-state index contributed by atoms with van der Waals surface area (Å²) in [4.78, 5) is 32.3. The van der Waals surface area contributed by atoms with Gasteiger partial charge in [-0.15, -0.1) is 0 Å². The molecule has 0 bridgehead atoms. The van der Waals surface area contributed by atoms with Crippen LogP contribution >= 0.6 is 11.6 Å². The van der Waals surface area contributed by atoms with Crippen LogP contribution in [-0.2, 0) is 9.59 Å². The highest BCUT2D eigenvalue weighted by molar-refractivity contribution is 6.31. The molecule has 1 aromatic heterocycles. The predicted molar refractivity (Wildman–Crippen MR) is 109 cm³/mol. The molecular weight excluding hydrogens is 392 g/mol. The molecule has 7 nitrogen and oxygen atoms in total. The van der Waals surface area contributed by atoms with E-state index in [0.717, 1.165) is 27.9 Å². The van der Waals surface area contributed by atoms with Crippen LogP contribution in [0.3, 0.4) is 0 Å². The van der Waals surface area contributed by atoms with Crippen LogP contribution in [0.5, 0.6) is 0 Å². The van der Waals surface area contributed by atoms with Gasteiger partial charge in [0.05, 0.1) is 29.2 Å². The van der Waals surface area contributed by atoms with Crippen molar-refractivity contribution in [2.45, 2.75) is 25.3 Å². The lowest BCUT2D eigenvalue weighted by Crippen LogP contribution is -2.27. The summed E-state index contributed by atoms with van der Waals surface area (Å²) in [5.41, 5.74) is 3.90. The van der Waals surface area contributed by atoms with Crippen LogP contribution in [0.25, 0.3) is 11.0 Å². The van der Waals surface area contributed by atoms with Crippen molar-refractivity contribution in [1.82, 2.24) is 15.0 Å². The fraction of sp³-hybridized carbons (Fsp3) is 0.190. The van der Waals surface area contributed by atoms with Crippen molar-refractivity contribution < 1.29 is 14.7 Å². The second-order valence-electron chi connectivity index (χ2n) is 6.71. The molecule has 0 spiro atoms. The number of carboxylic acids is 1. The van der Waals surface area contributed by atoms with Crippen molar-refractivity contribution in [3.63, 3.8) is 0 Å². The van der Waals surface area contributed by atoms with Gasteiger partial charge in [-0.2, -0.15) is 5.10 Å². The summed E-state index contributed by atoms with van der Waals surface area (Å²) in [5.74, 6) is -1.36. The number of halogens is 1. The first kappa shape index (κ1) is 19.0. The highest BCUT2D eigenvalue weighted by atomic mass is 35.5. The van der Waals surface area contributed by atoms with Crippen LogP contribution in [0.15, 0.2) is 60.0 Å². The molecule has 0 saturated carbocycles. The van der Waals surface area contributed by atoms with Crippen LogP contribution in [0.2, 0.25) is 5.02 Å². The monoisotopic (exact) mass is 408 g/mol. The molecule has 0 unspecified atom stereocenters. The van der Waals surface area contributed by atoms with Crippen LogP contribution in [-0.4, -0.2) is 37.7 Å². The second-order valence-corrected chi connectivity index (χ2v) is 7.15. The number of nitrogens with zero attached hydrogens (tertiary/aromatic N) is 4. The van der Waals surface area contributed by atoms with Gasteiger partial charge >= 0.3 is 5.97 Å². The molecule has 2 aromatic carbocycles. The fourth-order valence-corrected chi connectivity index (χ4v) is 3.55. The summed E-state index contributed by atoms with van der Waals surface area (Å²) >= 11 is 6.11. The quantitative estimate of drug-likeness (QED) is 0.692. The lowest BCUT2D eigenvalue weighted by atomic mass is 9.98. The Morgan fingerprint density at radius 2 is 1.86 bits per heavy atom. The first-order chi connectivity index (χ1) is 14.0. The summed E-state index contributed by atoms with van der Waals surface area (Å²) in [6.07, 6.45) is 3.37. The SMILES string of the molecule is O=C(O)CCC(=O)N1N=C(c2cccc(Cl)c2)C[C@H]1c1ccc2nccnc2c1. The van der Waals surface area contributed by atoms with Crippen LogP contribution in [0.1, 0.15) is 36.4 Å². The van der Waals surface area contributed by atoms with Crippen molar-refractivity contribution in [1.29, 1.82) is 0 Å². The fourth-order valence-electron chi connectivity index (χ4n) is 3.36. The molecule has 1 aliphatic heterocycles. The number of rotatable bonds is 5. The third-order valence-electron chi connectivity index (χ3n) is 4.75. The molecule has 1 amide bonds. The van der Waals surface area contributed by atoms with Crippen molar-refractivity contribution in [3.05, 3.63) is 71.0 Å². The van der Waals surface area contributed by atoms with Crippen LogP contribution in [0.4, 0.5) is 0 Å². The zero-order valence-electron chi connectivity index (χ0n) is 15.3. The maximum absolute atomic E-state index is 12.7. The maximum Gasteiger partial charge on any atom is 0.303 e. The standard InChI is InChI=1S/C21H17ClN4O3/c22-15-3-1-2-13(10-15)17-12-19(26(25-17)20(27)6-7-21(28)29)14-4-5-16-18(11-14)24-9-8-23-16/h1-5,8-11,19H,6-7,12H2,(H,28,29)/t19-/m0/s1.